The Morgan fingerprint density at radius 3 is 2.69 bits per heavy atom. The van der Waals surface area contributed by atoms with Gasteiger partial charge in [0.25, 0.3) is 5.69 Å². The van der Waals surface area contributed by atoms with Gasteiger partial charge in [0.2, 0.25) is 5.91 Å². The molecule has 0 radical (unpaired) electrons. The number of nitro benzene ring substituents is 1. The second-order valence-corrected chi connectivity index (χ2v) is 10.9. The molecule has 1 saturated heterocycles. The average Bonchev–Trinajstić information content (AvgIpc) is 3.42. The van der Waals surface area contributed by atoms with Crippen molar-refractivity contribution in [3.8, 4) is 17.0 Å². The maximum absolute atomic E-state index is 13.4. The first-order chi connectivity index (χ1) is 18.8. The number of methoxy groups -OCH3 is 1. The number of non-ortho nitro benzene ring substituents is 1. The number of likely N-dealkylation sites (tertiary alicyclic amines) is 1. The van der Waals surface area contributed by atoms with Gasteiger partial charge in [0.1, 0.15) is 17.4 Å². The Hall–Kier alpha value is -3.27. The molecule has 2 aromatic rings. The van der Waals surface area contributed by atoms with Gasteiger partial charge in [-0.3, -0.25) is 19.7 Å². The number of rotatable bonds is 14. The zero-order valence-electron chi connectivity index (χ0n) is 23.3. The Balaban J connectivity index is 1.48. The van der Waals surface area contributed by atoms with Gasteiger partial charge in [-0.15, -0.1) is 0 Å². The Morgan fingerprint density at radius 1 is 1.26 bits per heavy atom. The predicted molar refractivity (Wildman–Crippen MR) is 148 cm³/mol. The highest BCUT2D eigenvalue weighted by atomic mass is 16.6. The van der Waals surface area contributed by atoms with Crippen molar-refractivity contribution in [1.82, 2.24) is 20.2 Å². The van der Waals surface area contributed by atoms with Crippen LogP contribution in [0.2, 0.25) is 0 Å². The number of nitrogens with one attached hydrogen (secondary N) is 2. The molecule has 1 aliphatic heterocycles. The molecule has 2 heterocycles. The Kier molecular flexibility index (Phi) is 9.37. The summed E-state index contributed by atoms with van der Waals surface area (Å²) >= 11 is 0. The van der Waals surface area contributed by atoms with E-state index in [1.165, 1.54) is 19.2 Å². The third kappa shape index (κ3) is 6.84. The number of Topliss-reactive ketones (excluding diaryl/α,β-unsaturated/α-hetero) is 1. The van der Waals surface area contributed by atoms with Gasteiger partial charge in [-0.1, -0.05) is 26.7 Å². The number of aromatic amines is 1. The number of ether oxygens (including phenoxy) is 1. The fourth-order valence-electron chi connectivity index (χ4n) is 5.83. The summed E-state index contributed by atoms with van der Waals surface area (Å²) < 4.78 is 5.44. The van der Waals surface area contributed by atoms with Gasteiger partial charge >= 0.3 is 0 Å². The van der Waals surface area contributed by atoms with Crippen molar-refractivity contribution in [3.05, 3.63) is 40.3 Å². The Labute approximate surface area is 230 Å². The molecule has 1 aromatic heterocycles. The fraction of sp³-hybridized carbons (Fsp3) is 0.621. The Morgan fingerprint density at radius 2 is 2.03 bits per heavy atom. The highest BCUT2D eigenvalue weighted by Gasteiger charge is 2.58. The van der Waals surface area contributed by atoms with Crippen LogP contribution in [0.25, 0.3) is 11.3 Å². The van der Waals surface area contributed by atoms with Crippen molar-refractivity contribution < 1.29 is 19.2 Å². The summed E-state index contributed by atoms with van der Waals surface area (Å²) in [6, 6.07) is 4.13. The number of amides is 1. The number of piperidine rings is 1. The molecule has 212 valence electrons. The molecule has 10 heteroatoms. The fourth-order valence-corrected chi connectivity index (χ4v) is 5.83. The van der Waals surface area contributed by atoms with Crippen molar-refractivity contribution in [1.29, 1.82) is 0 Å². The molecule has 1 aromatic carbocycles. The molecule has 4 rings (SSSR count). The first-order valence-corrected chi connectivity index (χ1v) is 14.2. The van der Waals surface area contributed by atoms with Crippen molar-refractivity contribution in [2.75, 3.05) is 26.7 Å². The number of nitro groups is 1. The van der Waals surface area contributed by atoms with Crippen LogP contribution in [-0.2, 0) is 9.59 Å². The van der Waals surface area contributed by atoms with Crippen LogP contribution in [0.5, 0.6) is 5.75 Å². The molecular weight excluding hydrogens is 498 g/mol. The molecule has 2 aliphatic rings. The van der Waals surface area contributed by atoms with Crippen LogP contribution >= 0.6 is 0 Å². The highest BCUT2D eigenvalue weighted by Crippen LogP contribution is 2.59. The number of carbonyl (C=O) groups is 2. The number of benzene rings is 1. The number of imidazole rings is 1. The van der Waals surface area contributed by atoms with E-state index in [0.29, 0.717) is 42.1 Å². The average molecular weight is 540 g/mol. The second kappa shape index (κ2) is 12.7. The summed E-state index contributed by atoms with van der Waals surface area (Å²) in [5.41, 5.74) is 1.22. The third-order valence-corrected chi connectivity index (χ3v) is 8.57. The van der Waals surface area contributed by atoms with E-state index >= 15 is 0 Å². The van der Waals surface area contributed by atoms with Crippen molar-refractivity contribution in [3.63, 3.8) is 0 Å². The monoisotopic (exact) mass is 539 g/mol. The van der Waals surface area contributed by atoms with Crippen molar-refractivity contribution >= 4 is 17.4 Å². The molecule has 1 spiro atoms. The van der Waals surface area contributed by atoms with Gasteiger partial charge in [0, 0.05) is 36.5 Å². The second-order valence-electron chi connectivity index (χ2n) is 10.9. The minimum atomic E-state index is -0.441. The van der Waals surface area contributed by atoms with Gasteiger partial charge in [-0.2, -0.15) is 0 Å². The van der Waals surface area contributed by atoms with Crippen LogP contribution in [0.1, 0.15) is 83.5 Å². The van der Waals surface area contributed by atoms with Gasteiger partial charge in [-0.05, 0) is 63.2 Å². The maximum Gasteiger partial charge on any atom is 0.270 e. The number of hydrogen-bond donors (Lipinski definition) is 2. The van der Waals surface area contributed by atoms with Gasteiger partial charge in [-0.25, -0.2) is 4.98 Å². The quantitative estimate of drug-likeness (QED) is 0.192. The summed E-state index contributed by atoms with van der Waals surface area (Å²) in [5.74, 6) is 1.50. The standard InChI is InChI=1S/C29H41N5O5/c1-4-21(35)9-7-6-8-10-24(32-28(36)23-18-29(23)13-15-33(5-2)16-14-29)27-30-19-25(31-27)22-17-20(34(37)38)11-12-26(22)39-3/h11-12,17,19,23-24H,4-10,13-16,18H2,1-3H3,(H,30,31)(H,32,36)/t23-,24+/m1/s1. The van der Waals surface area contributed by atoms with Crippen LogP contribution in [0.3, 0.4) is 0 Å². The Bertz CT molecular complexity index is 1170. The molecule has 1 saturated carbocycles. The van der Waals surface area contributed by atoms with Crippen LogP contribution in [-0.4, -0.2) is 58.2 Å². The zero-order chi connectivity index (χ0) is 28.0. The molecule has 10 nitrogen and oxygen atoms in total. The van der Waals surface area contributed by atoms with E-state index < -0.39 is 4.92 Å². The summed E-state index contributed by atoms with van der Waals surface area (Å²) in [6.07, 6.45) is 9.11. The van der Waals surface area contributed by atoms with E-state index in [4.69, 9.17) is 4.74 Å². The van der Waals surface area contributed by atoms with E-state index in [1.807, 2.05) is 6.92 Å². The minimum absolute atomic E-state index is 0.0347. The number of nitrogens with zero attached hydrogens (tertiary/aromatic N) is 3. The SMILES string of the molecule is CCC(=O)CCCCC[C@H](NC(=O)[C@H]1CC12CCN(CC)CC2)c1ncc(-c2cc([N+](=O)[O-])ccc2OC)[nH]1. The third-order valence-electron chi connectivity index (χ3n) is 8.57. The lowest BCUT2D eigenvalue weighted by Crippen LogP contribution is -2.37. The minimum Gasteiger partial charge on any atom is -0.496 e. The van der Waals surface area contributed by atoms with Crippen LogP contribution in [0.15, 0.2) is 24.4 Å². The summed E-state index contributed by atoms with van der Waals surface area (Å²) in [7, 11) is 1.52. The number of aromatic nitrogens is 2. The van der Waals surface area contributed by atoms with E-state index in [1.54, 1.807) is 12.3 Å². The zero-order valence-corrected chi connectivity index (χ0v) is 23.3. The molecule has 2 N–H and O–H groups in total. The molecule has 39 heavy (non-hydrogen) atoms. The molecule has 2 atom stereocenters. The smallest absolute Gasteiger partial charge is 0.270 e. The number of carbonyl (C=O) groups excluding carboxylic acids is 2. The number of unbranched alkanes of at least 4 members (excludes halogenated alkanes) is 2. The lowest BCUT2D eigenvalue weighted by atomic mass is 9.90. The van der Waals surface area contributed by atoms with Crippen LogP contribution in [0.4, 0.5) is 5.69 Å². The van der Waals surface area contributed by atoms with Gasteiger partial charge < -0.3 is 19.9 Å². The molecule has 2 fully saturated rings. The van der Waals surface area contributed by atoms with Crippen molar-refractivity contribution in [2.24, 2.45) is 11.3 Å². The number of ketones is 1. The molecule has 1 amide bonds. The van der Waals surface area contributed by atoms with Crippen LogP contribution in [0, 0.1) is 21.4 Å². The predicted octanol–water partition coefficient (Wildman–Crippen LogP) is 5.20. The number of H-pyrrole nitrogens is 1. The van der Waals surface area contributed by atoms with E-state index in [2.05, 4.69) is 27.1 Å². The summed E-state index contributed by atoms with van der Waals surface area (Å²) in [5, 5.41) is 14.6. The van der Waals surface area contributed by atoms with E-state index in [9.17, 15) is 19.7 Å². The van der Waals surface area contributed by atoms with Crippen LogP contribution < -0.4 is 10.1 Å². The van der Waals surface area contributed by atoms with E-state index in [0.717, 1.165) is 58.2 Å². The molecule has 0 bridgehead atoms. The lowest BCUT2D eigenvalue weighted by molar-refractivity contribution is -0.384. The lowest BCUT2D eigenvalue weighted by Gasteiger charge is -2.32. The normalized spacial score (nSPS) is 19.0. The first-order valence-electron chi connectivity index (χ1n) is 14.2. The summed E-state index contributed by atoms with van der Waals surface area (Å²) in [6.45, 7) is 7.21. The molecular formula is C29H41N5O5. The molecule has 1 aliphatic carbocycles. The van der Waals surface area contributed by atoms with Gasteiger partial charge in [0.15, 0.2) is 0 Å². The topological polar surface area (TPSA) is 130 Å². The first kappa shape index (κ1) is 28.7. The van der Waals surface area contributed by atoms with Gasteiger partial charge in [0.05, 0.1) is 30.0 Å². The molecule has 0 unspecified atom stereocenters. The summed E-state index contributed by atoms with van der Waals surface area (Å²) in [4.78, 5) is 46.3. The largest absolute Gasteiger partial charge is 0.496 e. The maximum atomic E-state index is 13.4. The van der Waals surface area contributed by atoms with E-state index in [-0.39, 0.29) is 34.8 Å². The highest BCUT2D eigenvalue weighted by molar-refractivity contribution is 5.83. The van der Waals surface area contributed by atoms with Crippen molar-refractivity contribution in [2.45, 2.75) is 77.7 Å². The number of hydrogen-bond acceptors (Lipinski definition) is 7.